The molecule has 0 aliphatic heterocycles. The van der Waals surface area contributed by atoms with Gasteiger partial charge in [-0.2, -0.15) is 13.5 Å². The Morgan fingerprint density at radius 3 is 2.14 bits per heavy atom. The average molecular weight is 416 g/mol. The Kier molecular flexibility index (Phi) is 5.92. The number of aromatic hydroxyl groups is 1. The summed E-state index contributed by atoms with van der Waals surface area (Å²) in [6.45, 7) is 0. The second-order valence-corrected chi connectivity index (χ2v) is 7.49. The van der Waals surface area contributed by atoms with Crippen LogP contribution in [0.3, 0.4) is 0 Å². The third kappa shape index (κ3) is 3.98. The molecule has 0 amide bonds. The van der Waals surface area contributed by atoms with Crippen molar-refractivity contribution in [2.24, 2.45) is 10.2 Å². The minimum atomic E-state index is -4.55. The molecule has 4 aromatic carbocycles. The minimum absolute atomic E-state index is 0. The molecular formula is C20H13N2NaO5S. The quantitative estimate of drug-likeness (QED) is 0.297. The summed E-state index contributed by atoms with van der Waals surface area (Å²) < 4.78 is 32.6. The number of hydrogen-bond donors (Lipinski definition) is 2. The van der Waals surface area contributed by atoms with E-state index in [1.165, 1.54) is 18.2 Å². The number of azo groups is 1. The number of benzene rings is 4. The maximum absolute atomic E-state index is 12.6. The van der Waals surface area contributed by atoms with Crippen LogP contribution in [-0.2, 0) is 10.1 Å². The van der Waals surface area contributed by atoms with Crippen LogP contribution in [0.25, 0.3) is 21.5 Å². The summed E-state index contributed by atoms with van der Waals surface area (Å²) in [6, 6.07) is 17.5. The zero-order valence-corrected chi connectivity index (χ0v) is 18.1. The van der Waals surface area contributed by atoms with Gasteiger partial charge in [-0.25, -0.2) is 0 Å². The van der Waals surface area contributed by atoms with E-state index in [1.54, 1.807) is 30.3 Å². The molecule has 4 aromatic rings. The van der Waals surface area contributed by atoms with Crippen molar-refractivity contribution in [1.29, 1.82) is 0 Å². The molecule has 0 aromatic heterocycles. The first-order valence-corrected chi connectivity index (χ1v) is 9.63. The summed E-state index contributed by atoms with van der Waals surface area (Å²) in [4.78, 5) is -0.435. The van der Waals surface area contributed by atoms with Gasteiger partial charge in [-0.15, -0.1) is 5.11 Å². The fourth-order valence-corrected chi connectivity index (χ4v) is 3.76. The van der Waals surface area contributed by atoms with Gasteiger partial charge in [0, 0.05) is 16.8 Å². The van der Waals surface area contributed by atoms with Crippen LogP contribution in [0.4, 0.5) is 11.4 Å². The van der Waals surface area contributed by atoms with Gasteiger partial charge in [0.15, 0.2) is 0 Å². The van der Waals surface area contributed by atoms with Crippen molar-refractivity contribution in [2.75, 3.05) is 0 Å². The predicted octanol–water partition coefficient (Wildman–Crippen LogP) is 1.44. The number of phenols is 1. The fraction of sp³-hybridized carbons (Fsp3) is 0. The maximum atomic E-state index is 12.6. The summed E-state index contributed by atoms with van der Waals surface area (Å²) in [6.07, 6.45) is 0. The van der Waals surface area contributed by atoms with Gasteiger partial charge in [-0.05, 0) is 16.8 Å². The van der Waals surface area contributed by atoms with Crippen LogP contribution < -0.4 is 34.7 Å². The number of fused-ring (bicyclic) bond motifs is 2. The molecule has 0 atom stereocenters. The molecule has 0 aliphatic carbocycles. The molecule has 0 saturated carbocycles. The standard InChI is InChI=1S/C20H14N2O5S.Na/c23-17-11-18(28(25,26)27)14-7-3-4-8-15(14)19(17)22-21-16-10-9-12-5-1-2-6-13(12)20(16)24;/h1-11,23-24H,(H,25,26,27);/q;+1/p-1. The Bertz CT molecular complexity index is 1370. The fourth-order valence-electron chi connectivity index (χ4n) is 3.05. The van der Waals surface area contributed by atoms with Crippen LogP contribution in [0.2, 0.25) is 0 Å². The Hall–Kier alpha value is -2.49. The molecule has 0 unspecified atom stereocenters. The third-order valence-electron chi connectivity index (χ3n) is 4.35. The van der Waals surface area contributed by atoms with E-state index in [2.05, 4.69) is 10.2 Å². The molecule has 0 radical (unpaired) electrons. The van der Waals surface area contributed by atoms with Gasteiger partial charge in [0.05, 0.1) is 5.69 Å². The summed E-state index contributed by atoms with van der Waals surface area (Å²) >= 11 is 0. The van der Waals surface area contributed by atoms with Crippen molar-refractivity contribution in [3.05, 3.63) is 66.7 Å². The maximum Gasteiger partial charge on any atom is 1.00 e. The normalized spacial score (nSPS) is 11.8. The number of rotatable bonds is 3. The molecule has 0 heterocycles. The Balaban J connectivity index is 0.00000240. The molecule has 4 rings (SSSR count). The molecule has 0 aliphatic rings. The summed E-state index contributed by atoms with van der Waals surface area (Å²) in [5.41, 5.74) is 0.0802. The second-order valence-electron chi connectivity index (χ2n) is 6.10. The van der Waals surface area contributed by atoms with Crippen molar-refractivity contribution in [3.8, 4) is 11.5 Å². The van der Waals surface area contributed by atoms with Crippen molar-refractivity contribution in [3.63, 3.8) is 0 Å². The van der Waals surface area contributed by atoms with E-state index in [4.69, 9.17) is 0 Å². The van der Waals surface area contributed by atoms with Crippen molar-refractivity contribution < 1.29 is 52.7 Å². The Labute approximate surface area is 188 Å². The molecule has 0 fully saturated rings. The monoisotopic (exact) mass is 416 g/mol. The zero-order chi connectivity index (χ0) is 19.9. The smallest absolute Gasteiger partial charge is 0.871 e. The third-order valence-corrected chi connectivity index (χ3v) is 5.25. The Morgan fingerprint density at radius 1 is 0.828 bits per heavy atom. The SMILES string of the molecule is O=S(=O)(O)c1cc(O)c(N=Nc2ccc3ccccc3c2[O-])c2ccccc12.[Na+]. The van der Waals surface area contributed by atoms with Gasteiger partial charge in [0.1, 0.15) is 16.3 Å². The molecule has 0 spiro atoms. The molecule has 9 heteroatoms. The molecule has 7 nitrogen and oxygen atoms in total. The topological polar surface area (TPSA) is 122 Å². The van der Waals surface area contributed by atoms with E-state index in [0.717, 1.165) is 11.5 Å². The van der Waals surface area contributed by atoms with E-state index in [1.807, 2.05) is 12.1 Å². The van der Waals surface area contributed by atoms with E-state index in [-0.39, 0.29) is 57.5 Å². The van der Waals surface area contributed by atoms with Crippen LogP contribution in [0.5, 0.6) is 11.5 Å². The molecule has 0 bridgehead atoms. The van der Waals surface area contributed by atoms with Crippen LogP contribution in [0.15, 0.2) is 81.9 Å². The molecule has 29 heavy (non-hydrogen) atoms. The first-order valence-electron chi connectivity index (χ1n) is 8.19. The summed E-state index contributed by atoms with van der Waals surface area (Å²) in [5.74, 6) is -0.788. The second kappa shape index (κ2) is 8.10. The van der Waals surface area contributed by atoms with E-state index >= 15 is 0 Å². The summed E-state index contributed by atoms with van der Waals surface area (Å²) in [7, 11) is -4.55. The largest absolute Gasteiger partial charge is 1.00 e. The van der Waals surface area contributed by atoms with Crippen molar-refractivity contribution in [2.45, 2.75) is 4.90 Å². The molecular weight excluding hydrogens is 403 g/mol. The van der Waals surface area contributed by atoms with Gasteiger partial charge >= 0.3 is 29.6 Å². The van der Waals surface area contributed by atoms with Crippen LogP contribution in [-0.4, -0.2) is 18.1 Å². The average Bonchev–Trinajstić information content (AvgIpc) is 2.67. The van der Waals surface area contributed by atoms with Gasteiger partial charge in [0.2, 0.25) is 0 Å². The van der Waals surface area contributed by atoms with Gasteiger partial charge < -0.3 is 10.2 Å². The van der Waals surface area contributed by atoms with Gasteiger partial charge in [0.25, 0.3) is 10.1 Å². The molecule has 140 valence electrons. The van der Waals surface area contributed by atoms with Crippen molar-refractivity contribution in [1.82, 2.24) is 0 Å². The summed E-state index contributed by atoms with van der Waals surface area (Å²) in [5, 5.41) is 32.5. The number of phenolic OH excluding ortho intramolecular Hbond substituents is 1. The van der Waals surface area contributed by atoms with Crippen LogP contribution >= 0.6 is 0 Å². The number of hydrogen-bond acceptors (Lipinski definition) is 6. The van der Waals surface area contributed by atoms with Crippen molar-refractivity contribution >= 4 is 43.0 Å². The zero-order valence-electron chi connectivity index (χ0n) is 15.3. The van der Waals surface area contributed by atoms with Crippen LogP contribution in [0.1, 0.15) is 0 Å². The van der Waals surface area contributed by atoms with Gasteiger partial charge in [-0.3, -0.25) is 4.55 Å². The predicted molar refractivity (Wildman–Crippen MR) is 103 cm³/mol. The van der Waals surface area contributed by atoms with E-state index in [9.17, 15) is 23.2 Å². The first-order chi connectivity index (χ1) is 13.4. The molecule has 0 saturated heterocycles. The van der Waals surface area contributed by atoms with E-state index in [0.29, 0.717) is 5.39 Å². The van der Waals surface area contributed by atoms with E-state index < -0.39 is 20.8 Å². The van der Waals surface area contributed by atoms with Crippen LogP contribution in [0, 0.1) is 0 Å². The Morgan fingerprint density at radius 2 is 1.45 bits per heavy atom. The first kappa shape index (κ1) is 21.2. The van der Waals surface area contributed by atoms with Gasteiger partial charge in [-0.1, -0.05) is 60.3 Å². The number of nitrogens with zero attached hydrogens (tertiary/aromatic N) is 2. The molecule has 2 N–H and O–H groups in total. The minimum Gasteiger partial charge on any atom is -0.871 e.